The second-order valence-corrected chi connectivity index (χ2v) is 17.9. The summed E-state index contributed by atoms with van der Waals surface area (Å²) in [4.78, 5) is 53.0. The molecule has 242 valence electrons. The summed E-state index contributed by atoms with van der Waals surface area (Å²) < 4.78 is 0. The van der Waals surface area contributed by atoms with Crippen LogP contribution in [-0.2, 0) is 16.0 Å². The molecule has 1 aromatic rings. The van der Waals surface area contributed by atoms with E-state index in [1.54, 1.807) is 12.4 Å². The zero-order chi connectivity index (χ0) is 32.1. The first kappa shape index (κ1) is 34.4. The number of benzene rings is 1. The van der Waals surface area contributed by atoms with E-state index in [1.807, 2.05) is 44.2 Å². The van der Waals surface area contributed by atoms with Crippen LogP contribution in [0.3, 0.4) is 0 Å². The Labute approximate surface area is 266 Å². The molecule has 3 atom stereocenters. The minimum absolute atomic E-state index is 0.0600. The number of Topliss-reactive ketones (excluding diaryl/α,β-unsaturated/α-hetero) is 2. The van der Waals surface area contributed by atoms with Gasteiger partial charge in [-0.15, -0.1) is 0 Å². The van der Waals surface area contributed by atoms with Crippen LogP contribution in [0, 0.1) is 17.8 Å². The summed E-state index contributed by atoms with van der Waals surface area (Å²) in [5.74, 6) is 0.627. The predicted octanol–water partition coefficient (Wildman–Crippen LogP) is 7.04. The molecule has 1 saturated carbocycles. The summed E-state index contributed by atoms with van der Waals surface area (Å²) >= 11 is 0. The minimum Gasteiger partial charge on any atom is -0.410 e. The van der Waals surface area contributed by atoms with Crippen molar-refractivity contribution in [2.75, 3.05) is 0 Å². The molecule has 0 spiro atoms. The van der Waals surface area contributed by atoms with Gasteiger partial charge in [0.1, 0.15) is 11.1 Å². The van der Waals surface area contributed by atoms with Gasteiger partial charge in [0.05, 0.1) is 0 Å². The number of hydrogen-bond donors (Lipinski definition) is 4. The average Bonchev–Trinajstić information content (AvgIpc) is 3.47. The van der Waals surface area contributed by atoms with E-state index in [0.717, 1.165) is 36.8 Å². The van der Waals surface area contributed by atoms with Crippen LogP contribution in [0.2, 0.25) is 11.6 Å². The van der Waals surface area contributed by atoms with E-state index >= 15 is 0 Å². The van der Waals surface area contributed by atoms with Gasteiger partial charge in [-0.25, -0.2) is 0 Å². The van der Waals surface area contributed by atoms with E-state index in [9.17, 15) is 19.2 Å². The van der Waals surface area contributed by atoms with Crippen molar-refractivity contribution in [1.29, 1.82) is 0 Å². The molecule has 0 aromatic heterocycles. The second-order valence-electron chi connectivity index (χ2n) is 14.9. The fraction of sp³-hybridized carbons (Fsp3) is 0.622. The molecular formula is C37H56N2O4Si. The molecule has 44 heavy (non-hydrogen) atoms. The van der Waals surface area contributed by atoms with Crippen molar-refractivity contribution in [2.45, 2.75) is 128 Å². The normalized spacial score (nSPS) is 25.1. The maximum absolute atomic E-state index is 14.8. The average molecular weight is 621 g/mol. The lowest BCUT2D eigenvalue weighted by molar-refractivity contribution is -0.125. The number of nitrogens with one attached hydrogen (secondary N) is 2. The number of hydrogen-bond acceptors (Lipinski definition) is 6. The first-order valence-corrected chi connectivity index (χ1v) is 19.2. The molecule has 3 aliphatic rings. The van der Waals surface area contributed by atoms with Gasteiger partial charge >= 0.3 is 8.56 Å². The molecule has 4 rings (SSSR count). The highest BCUT2D eigenvalue weighted by atomic mass is 28.4. The Morgan fingerprint density at radius 2 is 1.64 bits per heavy atom. The largest absolute Gasteiger partial charge is 0.410 e. The highest BCUT2D eigenvalue weighted by Gasteiger charge is 2.58. The number of allylic oxidation sites excluding steroid dienone is 1. The lowest BCUT2D eigenvalue weighted by Crippen LogP contribution is -2.55. The van der Waals surface area contributed by atoms with Crippen LogP contribution in [0.5, 0.6) is 0 Å². The van der Waals surface area contributed by atoms with Crippen molar-refractivity contribution < 1.29 is 19.2 Å². The van der Waals surface area contributed by atoms with Crippen molar-refractivity contribution in [3.05, 3.63) is 71.1 Å². The van der Waals surface area contributed by atoms with Crippen LogP contribution in [0.4, 0.5) is 0 Å². The standard InChI is InChI=1S/C37H56N2O4Si/c1-26(2)17-19-36(23-30-15-11-8-12-16-30)35(41)32(25-38-36)37(22-28(5)6)34(40)31(24-39-37)33(21-29-13-9-7-10-14-29)44(42,43)20-18-27(3)4/h8,11-12,15-17,24-25,27-29,33,38-39,42-43H,7,9-10,13-14,18-23H2,1-6H3/t33-,36-,37+/m1/s1. The number of carbonyl (C=O) groups is 2. The third kappa shape index (κ3) is 7.65. The van der Waals surface area contributed by atoms with Gasteiger partial charge in [-0.1, -0.05) is 102 Å². The SMILES string of the molecule is CC(C)=CC[C@]1(Cc2ccccc2)NC=C([C@]2(CC(C)C)NC=C([C@@H](CC3CCCCC3)[Si](O)(O)CCC(C)C)C2=O)C1=O. The van der Waals surface area contributed by atoms with E-state index in [1.165, 1.54) is 6.42 Å². The quantitative estimate of drug-likeness (QED) is 0.132. The van der Waals surface area contributed by atoms with Gasteiger partial charge in [0.2, 0.25) is 0 Å². The molecule has 4 N–H and O–H groups in total. The molecular weight excluding hydrogens is 565 g/mol. The lowest BCUT2D eigenvalue weighted by Gasteiger charge is -2.36. The molecule has 1 fully saturated rings. The Bertz CT molecular complexity index is 1260. The molecule has 0 saturated heterocycles. The Morgan fingerprint density at radius 3 is 2.25 bits per heavy atom. The monoisotopic (exact) mass is 620 g/mol. The first-order chi connectivity index (χ1) is 20.8. The van der Waals surface area contributed by atoms with Crippen molar-refractivity contribution >= 4 is 20.1 Å². The van der Waals surface area contributed by atoms with Crippen LogP contribution in [0.25, 0.3) is 0 Å². The molecule has 0 bridgehead atoms. The predicted molar refractivity (Wildman–Crippen MR) is 181 cm³/mol. The maximum atomic E-state index is 14.8. The molecule has 1 aliphatic carbocycles. The Hall–Kier alpha value is -2.48. The fourth-order valence-electron chi connectivity index (χ4n) is 7.50. The van der Waals surface area contributed by atoms with Crippen molar-refractivity contribution in [3.63, 3.8) is 0 Å². The molecule has 0 amide bonds. The Kier molecular flexibility index (Phi) is 11.2. The van der Waals surface area contributed by atoms with Gasteiger partial charge in [-0.05, 0) is 68.9 Å². The smallest absolute Gasteiger partial charge is 0.340 e. The third-order valence-corrected chi connectivity index (χ3v) is 12.7. The molecule has 1 aromatic carbocycles. The number of rotatable bonds is 14. The zero-order valence-corrected chi connectivity index (χ0v) is 28.9. The van der Waals surface area contributed by atoms with Gasteiger partial charge < -0.3 is 20.2 Å². The topological polar surface area (TPSA) is 98.7 Å². The van der Waals surface area contributed by atoms with E-state index < -0.39 is 25.2 Å². The van der Waals surface area contributed by atoms with Crippen LogP contribution in [-0.4, -0.2) is 40.8 Å². The van der Waals surface area contributed by atoms with Crippen molar-refractivity contribution in [3.8, 4) is 0 Å². The molecule has 2 aliphatic heterocycles. The lowest BCUT2D eigenvalue weighted by atomic mass is 9.72. The summed E-state index contributed by atoms with van der Waals surface area (Å²) in [6.45, 7) is 12.4. The molecule has 0 unspecified atom stereocenters. The summed E-state index contributed by atoms with van der Waals surface area (Å²) in [5.41, 5.74) is 0.427. The molecule has 0 radical (unpaired) electrons. The van der Waals surface area contributed by atoms with E-state index in [4.69, 9.17) is 0 Å². The van der Waals surface area contributed by atoms with Gasteiger partial charge in [-0.2, -0.15) is 0 Å². The first-order valence-electron chi connectivity index (χ1n) is 17.0. The van der Waals surface area contributed by atoms with Crippen LogP contribution in [0.15, 0.2) is 65.5 Å². The fourth-order valence-corrected chi connectivity index (χ4v) is 10.3. The maximum Gasteiger partial charge on any atom is 0.340 e. The molecule has 7 heteroatoms. The van der Waals surface area contributed by atoms with Crippen molar-refractivity contribution in [1.82, 2.24) is 10.6 Å². The van der Waals surface area contributed by atoms with E-state index in [-0.39, 0.29) is 17.5 Å². The summed E-state index contributed by atoms with van der Waals surface area (Å²) in [7, 11) is -3.81. The van der Waals surface area contributed by atoms with E-state index in [0.29, 0.717) is 61.1 Å². The van der Waals surface area contributed by atoms with E-state index in [2.05, 4.69) is 44.4 Å². The van der Waals surface area contributed by atoms with Gasteiger partial charge in [0.15, 0.2) is 11.6 Å². The summed E-state index contributed by atoms with van der Waals surface area (Å²) in [5, 5.41) is 6.92. The van der Waals surface area contributed by atoms with Crippen LogP contribution >= 0.6 is 0 Å². The zero-order valence-electron chi connectivity index (χ0n) is 27.9. The van der Waals surface area contributed by atoms with Gasteiger partial charge in [-0.3, -0.25) is 9.59 Å². The van der Waals surface area contributed by atoms with Gasteiger partial charge in [0.25, 0.3) is 0 Å². The van der Waals surface area contributed by atoms with Crippen LogP contribution < -0.4 is 10.6 Å². The van der Waals surface area contributed by atoms with Crippen molar-refractivity contribution in [2.24, 2.45) is 17.8 Å². The van der Waals surface area contributed by atoms with Crippen LogP contribution in [0.1, 0.15) is 105 Å². The number of carbonyl (C=O) groups excluding carboxylic acids is 2. The summed E-state index contributed by atoms with van der Waals surface area (Å²) in [6.07, 6.45) is 14.1. The number of ketones is 2. The molecule has 6 nitrogen and oxygen atoms in total. The highest BCUT2D eigenvalue weighted by molar-refractivity contribution is 6.67. The van der Waals surface area contributed by atoms with Gasteiger partial charge in [0, 0.05) is 35.5 Å². The Balaban J connectivity index is 1.70. The third-order valence-electron chi connectivity index (χ3n) is 9.99. The Morgan fingerprint density at radius 1 is 0.955 bits per heavy atom. The second kappa shape index (κ2) is 14.3. The summed E-state index contributed by atoms with van der Waals surface area (Å²) in [6, 6.07) is 10.4. The molecule has 2 heterocycles. The highest BCUT2D eigenvalue weighted by Crippen LogP contribution is 2.47. The minimum atomic E-state index is -3.81.